The van der Waals surface area contributed by atoms with Crippen LogP contribution in [0.15, 0.2) is 54.8 Å². The Hall–Kier alpha value is -2.95. The lowest BCUT2D eigenvalue weighted by atomic mass is 10.2. The molecule has 0 fully saturated rings. The molecule has 0 spiro atoms. The first-order valence-corrected chi connectivity index (χ1v) is 10.5. The van der Waals surface area contributed by atoms with Gasteiger partial charge in [-0.15, -0.1) is 0 Å². The van der Waals surface area contributed by atoms with Gasteiger partial charge in [-0.2, -0.15) is 11.8 Å². The standard InChI is InChI=1S/C20H21N5O4S/c1-28-15-9-14(10-30-8-7-26)29-20(15)25-12-23-16-17(21-11-22-18(16)25)24-19(27)13-5-3-2-4-6-13/h2-6,9,11-12,15,20,26H,7-8,10H2,1H3,(H,21,22,24,27)/t15-,20-/m1/s1. The fraction of sp³-hybridized carbons (Fsp3) is 0.300. The second-order valence-electron chi connectivity index (χ2n) is 6.48. The van der Waals surface area contributed by atoms with Crippen molar-refractivity contribution >= 4 is 34.7 Å². The Morgan fingerprint density at radius 1 is 1.30 bits per heavy atom. The van der Waals surface area contributed by atoms with E-state index < -0.39 is 6.23 Å². The number of fused-ring (bicyclic) bond motifs is 1. The summed E-state index contributed by atoms with van der Waals surface area (Å²) in [6.07, 6.45) is 4.11. The van der Waals surface area contributed by atoms with Gasteiger partial charge in [0.25, 0.3) is 5.91 Å². The van der Waals surface area contributed by atoms with Gasteiger partial charge in [0.15, 0.2) is 17.0 Å². The number of benzene rings is 1. The van der Waals surface area contributed by atoms with Gasteiger partial charge in [-0.05, 0) is 18.2 Å². The van der Waals surface area contributed by atoms with Crippen LogP contribution in [0.5, 0.6) is 0 Å². The van der Waals surface area contributed by atoms with E-state index in [-0.39, 0.29) is 18.6 Å². The van der Waals surface area contributed by atoms with Crippen molar-refractivity contribution in [3.63, 3.8) is 0 Å². The van der Waals surface area contributed by atoms with Crippen molar-refractivity contribution in [3.05, 3.63) is 60.4 Å². The molecule has 30 heavy (non-hydrogen) atoms. The minimum Gasteiger partial charge on any atom is -0.471 e. The summed E-state index contributed by atoms with van der Waals surface area (Å²) in [5.74, 6) is 2.10. The Labute approximate surface area is 177 Å². The summed E-state index contributed by atoms with van der Waals surface area (Å²) < 4.78 is 13.4. The lowest BCUT2D eigenvalue weighted by Gasteiger charge is -2.20. The molecule has 10 heteroatoms. The number of thioether (sulfide) groups is 1. The number of nitrogens with one attached hydrogen (secondary N) is 1. The summed E-state index contributed by atoms with van der Waals surface area (Å²) in [5.41, 5.74) is 1.51. The van der Waals surface area contributed by atoms with Gasteiger partial charge in [0.05, 0.1) is 12.4 Å². The van der Waals surface area contributed by atoms with Gasteiger partial charge in [-0.3, -0.25) is 9.36 Å². The lowest BCUT2D eigenvalue weighted by Crippen LogP contribution is -2.22. The maximum atomic E-state index is 12.5. The summed E-state index contributed by atoms with van der Waals surface area (Å²) in [7, 11) is 1.61. The highest BCUT2D eigenvalue weighted by Crippen LogP contribution is 2.33. The molecule has 9 nitrogen and oxygen atoms in total. The van der Waals surface area contributed by atoms with Crippen LogP contribution in [0, 0.1) is 0 Å². The largest absolute Gasteiger partial charge is 0.471 e. The third-order valence-electron chi connectivity index (χ3n) is 4.56. The van der Waals surface area contributed by atoms with Gasteiger partial charge >= 0.3 is 0 Å². The van der Waals surface area contributed by atoms with Crippen LogP contribution >= 0.6 is 11.8 Å². The molecule has 3 heterocycles. The average Bonchev–Trinajstić information content (AvgIpc) is 3.39. The van der Waals surface area contributed by atoms with E-state index in [2.05, 4.69) is 20.3 Å². The van der Waals surface area contributed by atoms with Gasteiger partial charge in [-0.1, -0.05) is 18.2 Å². The van der Waals surface area contributed by atoms with Gasteiger partial charge in [-0.25, -0.2) is 15.0 Å². The molecule has 0 saturated carbocycles. The molecule has 2 N–H and O–H groups in total. The van der Waals surface area contributed by atoms with E-state index in [1.807, 2.05) is 12.1 Å². The van der Waals surface area contributed by atoms with Crippen LogP contribution in [0.1, 0.15) is 16.6 Å². The molecule has 2 aromatic heterocycles. The zero-order chi connectivity index (χ0) is 20.9. The predicted molar refractivity (Wildman–Crippen MR) is 113 cm³/mol. The minimum absolute atomic E-state index is 0.121. The Bertz CT molecular complexity index is 1060. The van der Waals surface area contributed by atoms with E-state index in [4.69, 9.17) is 14.6 Å². The summed E-state index contributed by atoms with van der Waals surface area (Å²) in [6.45, 7) is 0.121. The summed E-state index contributed by atoms with van der Waals surface area (Å²) in [4.78, 5) is 25.4. The molecule has 0 unspecified atom stereocenters. The SMILES string of the molecule is CO[C@@H]1C=C(CSCCO)O[C@H]1n1cnc2c(NC(=O)c3ccccc3)ncnc21. The summed E-state index contributed by atoms with van der Waals surface area (Å²) in [5, 5.41) is 11.8. The van der Waals surface area contributed by atoms with E-state index in [1.54, 1.807) is 54.0 Å². The normalized spacial score (nSPS) is 18.3. The number of hydrogen-bond acceptors (Lipinski definition) is 8. The molecule has 1 aliphatic rings. The lowest BCUT2D eigenvalue weighted by molar-refractivity contribution is -0.0175. The van der Waals surface area contributed by atoms with E-state index >= 15 is 0 Å². The molecule has 1 amide bonds. The number of carbonyl (C=O) groups is 1. The molecule has 1 aromatic carbocycles. The van der Waals surface area contributed by atoms with Crippen LogP contribution in [0.4, 0.5) is 5.82 Å². The van der Waals surface area contributed by atoms with Crippen molar-refractivity contribution in [1.29, 1.82) is 0 Å². The molecule has 0 aliphatic carbocycles. The van der Waals surface area contributed by atoms with Gasteiger partial charge < -0.3 is 19.9 Å². The number of aliphatic hydroxyl groups excluding tert-OH is 1. The molecule has 2 atom stereocenters. The maximum absolute atomic E-state index is 12.5. The topological polar surface area (TPSA) is 111 Å². The minimum atomic E-state index is -0.475. The van der Waals surface area contributed by atoms with E-state index in [9.17, 15) is 4.79 Å². The van der Waals surface area contributed by atoms with Crippen LogP contribution in [0.25, 0.3) is 11.2 Å². The Morgan fingerprint density at radius 3 is 2.90 bits per heavy atom. The first-order valence-electron chi connectivity index (χ1n) is 9.34. The molecule has 3 aromatic rings. The second-order valence-corrected chi connectivity index (χ2v) is 7.59. The number of amides is 1. The van der Waals surface area contributed by atoms with Crippen molar-refractivity contribution in [2.24, 2.45) is 0 Å². The number of methoxy groups -OCH3 is 1. The molecule has 0 bridgehead atoms. The number of aromatic nitrogens is 4. The number of carbonyl (C=O) groups excluding carboxylic acids is 1. The van der Waals surface area contributed by atoms with Crippen molar-refractivity contribution in [1.82, 2.24) is 19.5 Å². The maximum Gasteiger partial charge on any atom is 0.256 e. The Morgan fingerprint density at radius 2 is 2.13 bits per heavy atom. The molecular formula is C20H21N5O4S. The van der Waals surface area contributed by atoms with Crippen molar-refractivity contribution in [2.45, 2.75) is 12.3 Å². The number of anilines is 1. The van der Waals surface area contributed by atoms with Crippen LogP contribution < -0.4 is 5.32 Å². The first kappa shape index (κ1) is 20.3. The van der Waals surface area contributed by atoms with E-state index in [0.29, 0.717) is 34.1 Å². The summed E-state index contributed by atoms with van der Waals surface area (Å²) >= 11 is 1.58. The second kappa shape index (κ2) is 9.24. The predicted octanol–water partition coefficient (Wildman–Crippen LogP) is 2.23. The molecule has 0 saturated heterocycles. The first-order chi connectivity index (χ1) is 14.7. The Balaban J connectivity index is 1.57. The van der Waals surface area contributed by atoms with Crippen molar-refractivity contribution in [2.75, 3.05) is 30.5 Å². The van der Waals surface area contributed by atoms with Crippen LogP contribution in [0.3, 0.4) is 0 Å². The van der Waals surface area contributed by atoms with Crippen LogP contribution in [0.2, 0.25) is 0 Å². The molecule has 4 rings (SSSR count). The quantitative estimate of drug-likeness (QED) is 0.527. The highest BCUT2D eigenvalue weighted by Gasteiger charge is 2.32. The van der Waals surface area contributed by atoms with E-state index in [0.717, 1.165) is 5.76 Å². The van der Waals surface area contributed by atoms with Gasteiger partial charge in [0.2, 0.25) is 6.23 Å². The third kappa shape index (κ3) is 4.16. The van der Waals surface area contributed by atoms with Crippen molar-refractivity contribution in [3.8, 4) is 0 Å². The number of ether oxygens (including phenoxy) is 2. The monoisotopic (exact) mass is 427 g/mol. The zero-order valence-corrected chi connectivity index (χ0v) is 17.1. The molecular weight excluding hydrogens is 406 g/mol. The highest BCUT2D eigenvalue weighted by molar-refractivity contribution is 7.99. The molecule has 156 valence electrons. The third-order valence-corrected chi connectivity index (χ3v) is 5.52. The van der Waals surface area contributed by atoms with Gasteiger partial charge in [0, 0.05) is 18.4 Å². The van der Waals surface area contributed by atoms with Crippen LogP contribution in [-0.4, -0.2) is 61.9 Å². The smallest absolute Gasteiger partial charge is 0.256 e. The van der Waals surface area contributed by atoms with E-state index in [1.165, 1.54) is 6.33 Å². The van der Waals surface area contributed by atoms with Gasteiger partial charge in [0.1, 0.15) is 24.5 Å². The fourth-order valence-electron chi connectivity index (χ4n) is 3.14. The number of aliphatic hydroxyl groups is 1. The van der Waals surface area contributed by atoms with Crippen molar-refractivity contribution < 1.29 is 19.4 Å². The highest BCUT2D eigenvalue weighted by atomic mass is 32.2. The number of hydrogen-bond donors (Lipinski definition) is 2. The number of nitrogens with zero attached hydrogens (tertiary/aromatic N) is 4. The number of imidazole rings is 1. The summed E-state index contributed by atoms with van der Waals surface area (Å²) in [6, 6.07) is 8.89. The molecule has 0 radical (unpaired) electrons. The molecule has 1 aliphatic heterocycles. The Kier molecular flexibility index (Phi) is 6.26. The zero-order valence-electron chi connectivity index (χ0n) is 16.3. The van der Waals surface area contributed by atoms with Crippen LogP contribution in [-0.2, 0) is 9.47 Å². The fourth-order valence-corrected chi connectivity index (χ4v) is 3.78. The number of rotatable bonds is 8. The average molecular weight is 427 g/mol.